The van der Waals surface area contributed by atoms with E-state index in [4.69, 9.17) is 5.73 Å². The molecule has 0 aliphatic rings. The molecule has 0 atom stereocenters. The molecule has 0 saturated heterocycles. The summed E-state index contributed by atoms with van der Waals surface area (Å²) in [7, 11) is 0. The summed E-state index contributed by atoms with van der Waals surface area (Å²) in [5, 5.41) is 2.78. The summed E-state index contributed by atoms with van der Waals surface area (Å²) in [6.45, 7) is 4.20. The van der Waals surface area contributed by atoms with Crippen molar-refractivity contribution in [3.8, 4) is 0 Å². The number of nitrogens with zero attached hydrogens (tertiary/aromatic N) is 2. The monoisotopic (exact) mass is 256 g/mol. The minimum absolute atomic E-state index is 0.204. The number of hydrogen-bond acceptors (Lipinski definition) is 4. The normalized spacial score (nSPS) is 10.5. The number of hydrogen-bond donors (Lipinski definition) is 2. The highest BCUT2D eigenvalue weighted by Crippen LogP contribution is 2.18. The van der Waals surface area contributed by atoms with Crippen LogP contribution in [0.4, 0.5) is 11.5 Å². The first-order valence-electron chi connectivity index (χ1n) is 6.05. The van der Waals surface area contributed by atoms with Gasteiger partial charge in [0.25, 0.3) is 5.91 Å². The van der Waals surface area contributed by atoms with Crippen molar-refractivity contribution in [1.82, 2.24) is 9.97 Å². The molecule has 19 heavy (non-hydrogen) atoms. The Balaban J connectivity index is 2.17. The first-order chi connectivity index (χ1) is 9.06. The standard InChI is InChI=1S/C14H16N4O/c1-9(2)10-4-3-5-11(6-10)17-14(19)12-7-16-8-13(15)18-12/h3-9H,1-2H3,(H2,15,18)(H,17,19). The third kappa shape index (κ3) is 3.28. The third-order valence-corrected chi connectivity index (χ3v) is 2.70. The molecule has 0 fully saturated rings. The Kier molecular flexibility index (Phi) is 3.75. The fourth-order valence-electron chi connectivity index (χ4n) is 1.66. The second kappa shape index (κ2) is 5.48. The Morgan fingerprint density at radius 1 is 1.32 bits per heavy atom. The maximum atomic E-state index is 12.0. The molecular formula is C14H16N4O. The average Bonchev–Trinajstić information content (AvgIpc) is 2.39. The van der Waals surface area contributed by atoms with Gasteiger partial charge in [-0.1, -0.05) is 26.0 Å². The number of nitrogens with one attached hydrogen (secondary N) is 1. The number of amides is 1. The van der Waals surface area contributed by atoms with Crippen LogP contribution in [0.15, 0.2) is 36.7 Å². The minimum Gasteiger partial charge on any atom is -0.382 e. The molecule has 98 valence electrons. The van der Waals surface area contributed by atoms with Gasteiger partial charge in [-0.3, -0.25) is 9.78 Å². The number of nitrogen functional groups attached to an aromatic ring is 1. The molecule has 1 heterocycles. The molecule has 0 aliphatic carbocycles. The minimum atomic E-state index is -0.319. The summed E-state index contributed by atoms with van der Waals surface area (Å²) < 4.78 is 0. The van der Waals surface area contributed by atoms with Gasteiger partial charge in [0.2, 0.25) is 0 Å². The number of anilines is 2. The number of carbonyl (C=O) groups excluding carboxylic acids is 1. The molecule has 0 aliphatic heterocycles. The maximum absolute atomic E-state index is 12.0. The predicted octanol–water partition coefficient (Wildman–Crippen LogP) is 2.43. The van der Waals surface area contributed by atoms with Crippen LogP contribution in [0, 0.1) is 0 Å². The predicted molar refractivity (Wildman–Crippen MR) is 74.9 cm³/mol. The lowest BCUT2D eigenvalue weighted by Crippen LogP contribution is -2.15. The van der Waals surface area contributed by atoms with Crippen LogP contribution in [0.3, 0.4) is 0 Å². The largest absolute Gasteiger partial charge is 0.382 e. The summed E-state index contributed by atoms with van der Waals surface area (Å²) in [5.41, 5.74) is 7.60. The van der Waals surface area contributed by atoms with E-state index in [1.54, 1.807) is 0 Å². The van der Waals surface area contributed by atoms with Gasteiger partial charge in [-0.15, -0.1) is 0 Å². The fraction of sp³-hybridized carbons (Fsp3) is 0.214. The number of aromatic nitrogens is 2. The van der Waals surface area contributed by atoms with E-state index in [9.17, 15) is 4.79 Å². The second-order valence-corrected chi connectivity index (χ2v) is 4.56. The number of carbonyl (C=O) groups is 1. The van der Waals surface area contributed by atoms with Crippen LogP contribution in [0.5, 0.6) is 0 Å². The van der Waals surface area contributed by atoms with Gasteiger partial charge in [-0.2, -0.15) is 0 Å². The SMILES string of the molecule is CC(C)c1cccc(NC(=O)c2cncc(N)n2)c1. The lowest BCUT2D eigenvalue weighted by atomic mass is 10.0. The van der Waals surface area contributed by atoms with Gasteiger partial charge >= 0.3 is 0 Å². The van der Waals surface area contributed by atoms with E-state index in [-0.39, 0.29) is 17.4 Å². The number of benzene rings is 1. The Morgan fingerprint density at radius 3 is 2.79 bits per heavy atom. The topological polar surface area (TPSA) is 80.9 Å². The molecule has 2 rings (SSSR count). The summed E-state index contributed by atoms with van der Waals surface area (Å²) in [6, 6.07) is 7.72. The molecule has 3 N–H and O–H groups in total. The quantitative estimate of drug-likeness (QED) is 0.883. The highest BCUT2D eigenvalue weighted by Gasteiger charge is 2.09. The molecule has 2 aromatic rings. The van der Waals surface area contributed by atoms with E-state index in [2.05, 4.69) is 29.1 Å². The molecule has 5 nitrogen and oxygen atoms in total. The number of rotatable bonds is 3. The van der Waals surface area contributed by atoms with Crippen molar-refractivity contribution in [2.45, 2.75) is 19.8 Å². The molecule has 0 bridgehead atoms. The van der Waals surface area contributed by atoms with Gasteiger partial charge in [0.15, 0.2) is 0 Å². The Hall–Kier alpha value is -2.43. The van der Waals surface area contributed by atoms with Crippen molar-refractivity contribution in [2.24, 2.45) is 0 Å². The van der Waals surface area contributed by atoms with Crippen molar-refractivity contribution >= 4 is 17.4 Å². The molecule has 1 amide bonds. The van der Waals surface area contributed by atoms with Crippen LogP contribution in [-0.4, -0.2) is 15.9 Å². The van der Waals surface area contributed by atoms with Gasteiger partial charge in [0.05, 0.1) is 12.4 Å². The smallest absolute Gasteiger partial charge is 0.275 e. The molecular weight excluding hydrogens is 240 g/mol. The van der Waals surface area contributed by atoms with Crippen LogP contribution >= 0.6 is 0 Å². The van der Waals surface area contributed by atoms with E-state index in [1.807, 2.05) is 24.3 Å². The highest BCUT2D eigenvalue weighted by atomic mass is 16.1. The zero-order valence-corrected chi connectivity index (χ0v) is 10.9. The molecule has 5 heteroatoms. The third-order valence-electron chi connectivity index (χ3n) is 2.70. The van der Waals surface area contributed by atoms with Crippen LogP contribution in [-0.2, 0) is 0 Å². The fourth-order valence-corrected chi connectivity index (χ4v) is 1.66. The van der Waals surface area contributed by atoms with Crippen LogP contribution < -0.4 is 11.1 Å². The number of nitrogens with two attached hydrogens (primary N) is 1. The zero-order valence-electron chi connectivity index (χ0n) is 10.9. The van der Waals surface area contributed by atoms with Crippen LogP contribution in [0.2, 0.25) is 0 Å². The van der Waals surface area contributed by atoms with Crippen molar-refractivity contribution in [3.63, 3.8) is 0 Å². The molecule has 0 spiro atoms. The Morgan fingerprint density at radius 2 is 2.11 bits per heavy atom. The van der Waals surface area contributed by atoms with E-state index in [0.717, 1.165) is 11.3 Å². The van der Waals surface area contributed by atoms with E-state index < -0.39 is 0 Å². The first-order valence-corrected chi connectivity index (χ1v) is 6.05. The Bertz CT molecular complexity index is 596. The molecule has 0 unspecified atom stereocenters. The van der Waals surface area contributed by atoms with Crippen LogP contribution in [0.25, 0.3) is 0 Å². The molecule has 1 aromatic heterocycles. The van der Waals surface area contributed by atoms with Gasteiger partial charge in [-0.25, -0.2) is 4.98 Å². The van der Waals surface area contributed by atoms with Crippen LogP contribution in [0.1, 0.15) is 35.8 Å². The highest BCUT2D eigenvalue weighted by molar-refractivity contribution is 6.02. The van der Waals surface area contributed by atoms with Gasteiger partial charge in [0, 0.05) is 5.69 Å². The lowest BCUT2D eigenvalue weighted by molar-refractivity contribution is 0.102. The van der Waals surface area contributed by atoms with Gasteiger partial charge in [0.1, 0.15) is 11.5 Å². The average molecular weight is 256 g/mol. The maximum Gasteiger partial charge on any atom is 0.275 e. The molecule has 1 aromatic carbocycles. The summed E-state index contributed by atoms with van der Waals surface area (Å²) in [4.78, 5) is 19.8. The molecule has 0 saturated carbocycles. The van der Waals surface area contributed by atoms with Gasteiger partial charge in [-0.05, 0) is 23.6 Å². The van der Waals surface area contributed by atoms with Crippen molar-refractivity contribution in [1.29, 1.82) is 0 Å². The summed E-state index contributed by atoms with van der Waals surface area (Å²) in [6.07, 6.45) is 2.79. The second-order valence-electron chi connectivity index (χ2n) is 4.56. The summed E-state index contributed by atoms with van der Waals surface area (Å²) in [5.74, 6) is 0.313. The van der Waals surface area contributed by atoms with Crippen molar-refractivity contribution in [2.75, 3.05) is 11.1 Å². The van der Waals surface area contributed by atoms with E-state index >= 15 is 0 Å². The zero-order chi connectivity index (χ0) is 13.8. The first kappa shape index (κ1) is 13.0. The Labute approximate surface area is 111 Å². The molecule has 0 radical (unpaired) electrons. The van der Waals surface area contributed by atoms with Crippen molar-refractivity contribution < 1.29 is 4.79 Å². The van der Waals surface area contributed by atoms with E-state index in [0.29, 0.717) is 5.92 Å². The lowest BCUT2D eigenvalue weighted by Gasteiger charge is -2.09. The van der Waals surface area contributed by atoms with Crippen molar-refractivity contribution in [3.05, 3.63) is 47.9 Å². The van der Waals surface area contributed by atoms with Gasteiger partial charge < -0.3 is 11.1 Å². The van der Waals surface area contributed by atoms with E-state index in [1.165, 1.54) is 12.4 Å². The summed E-state index contributed by atoms with van der Waals surface area (Å²) >= 11 is 0.